The molecule has 0 saturated carbocycles. The molecule has 0 atom stereocenters. The molecule has 1 saturated heterocycles. The Morgan fingerprint density at radius 1 is 1.10 bits per heavy atom. The molecule has 0 aliphatic carbocycles. The third-order valence-corrected chi connectivity index (χ3v) is 5.98. The van der Waals surface area contributed by atoms with Crippen LogP contribution in [0.25, 0.3) is 0 Å². The molecule has 2 heterocycles. The molecule has 0 spiro atoms. The second-order valence-corrected chi connectivity index (χ2v) is 7.95. The van der Waals surface area contributed by atoms with Crippen LogP contribution in [0.3, 0.4) is 0 Å². The summed E-state index contributed by atoms with van der Waals surface area (Å²) in [5.74, 6) is -0.731. The molecular formula is C22H30ClN5O3. The molecule has 1 aromatic heterocycles. The summed E-state index contributed by atoms with van der Waals surface area (Å²) in [5, 5.41) is 4.84. The summed E-state index contributed by atoms with van der Waals surface area (Å²) in [6.07, 6.45) is 0.537. The monoisotopic (exact) mass is 447 g/mol. The van der Waals surface area contributed by atoms with E-state index in [9.17, 15) is 9.59 Å². The number of hydrogen-bond acceptors (Lipinski definition) is 7. The van der Waals surface area contributed by atoms with Gasteiger partial charge in [-0.05, 0) is 25.1 Å². The predicted octanol–water partition coefficient (Wildman–Crippen LogP) is 2.36. The van der Waals surface area contributed by atoms with Gasteiger partial charge in [-0.25, -0.2) is 9.48 Å². The number of ether oxygens (including phenoxy) is 1. The molecule has 3 rings (SSSR count). The highest BCUT2D eigenvalue weighted by atomic mass is 35.5. The number of piperazine rings is 1. The number of likely N-dealkylation sites (N-methyl/N-ethyl adjacent to an activating group) is 1. The van der Waals surface area contributed by atoms with Gasteiger partial charge in [0.1, 0.15) is 11.4 Å². The Labute approximate surface area is 187 Å². The average Bonchev–Trinajstić information content (AvgIpc) is 3.11. The number of Topliss-reactive ketones (excluding diaryl/α,β-unsaturated/α-hetero) is 1. The predicted molar refractivity (Wildman–Crippen MR) is 121 cm³/mol. The standard InChI is InChI=1S/C22H30ClN5O3/c1-3-18-20(22(30)31-15-19(29)16-7-5-6-8-17(16)23)21(24)28(25-18)14-13-27-11-9-26(4-2)10-12-27/h5-8H,3-4,9-15,24H2,1-2H3. The number of benzene rings is 1. The smallest absolute Gasteiger partial charge is 0.344 e. The third-order valence-electron chi connectivity index (χ3n) is 5.65. The van der Waals surface area contributed by atoms with E-state index in [1.165, 1.54) is 0 Å². The fourth-order valence-electron chi connectivity index (χ4n) is 3.70. The van der Waals surface area contributed by atoms with E-state index >= 15 is 0 Å². The number of nitrogens with zero attached hydrogens (tertiary/aromatic N) is 4. The molecule has 1 aromatic carbocycles. The van der Waals surface area contributed by atoms with Crippen LogP contribution < -0.4 is 5.73 Å². The van der Waals surface area contributed by atoms with Gasteiger partial charge >= 0.3 is 5.97 Å². The lowest BCUT2D eigenvalue weighted by molar-refractivity contribution is 0.0474. The number of carbonyl (C=O) groups excluding carboxylic acids is 2. The Balaban J connectivity index is 1.61. The van der Waals surface area contributed by atoms with E-state index in [1.54, 1.807) is 28.9 Å². The van der Waals surface area contributed by atoms with Gasteiger partial charge in [-0.2, -0.15) is 5.10 Å². The Morgan fingerprint density at radius 2 is 1.77 bits per heavy atom. The van der Waals surface area contributed by atoms with Crippen LogP contribution in [0.4, 0.5) is 5.82 Å². The fraction of sp³-hybridized carbons (Fsp3) is 0.500. The van der Waals surface area contributed by atoms with Crippen LogP contribution >= 0.6 is 11.6 Å². The van der Waals surface area contributed by atoms with Gasteiger partial charge < -0.3 is 15.4 Å². The zero-order valence-corrected chi connectivity index (χ0v) is 18.9. The first-order valence-corrected chi connectivity index (χ1v) is 11.1. The van der Waals surface area contributed by atoms with Gasteiger partial charge in [-0.15, -0.1) is 0 Å². The number of aromatic nitrogens is 2. The van der Waals surface area contributed by atoms with E-state index in [0.717, 1.165) is 39.3 Å². The Morgan fingerprint density at radius 3 is 2.42 bits per heavy atom. The van der Waals surface area contributed by atoms with Gasteiger partial charge in [0.05, 0.1) is 17.3 Å². The Kier molecular flexibility index (Phi) is 8.06. The first-order valence-electron chi connectivity index (χ1n) is 10.7. The molecule has 2 aromatic rings. The highest BCUT2D eigenvalue weighted by Crippen LogP contribution is 2.20. The second kappa shape index (κ2) is 10.7. The topological polar surface area (TPSA) is 93.7 Å². The molecule has 2 N–H and O–H groups in total. The lowest BCUT2D eigenvalue weighted by Crippen LogP contribution is -2.47. The number of halogens is 1. The van der Waals surface area contributed by atoms with Crippen LogP contribution in [0.5, 0.6) is 0 Å². The number of aryl methyl sites for hydroxylation is 1. The van der Waals surface area contributed by atoms with Crippen molar-refractivity contribution in [3.05, 3.63) is 46.1 Å². The first kappa shape index (κ1) is 23.2. The minimum Gasteiger partial charge on any atom is -0.454 e. The molecule has 0 unspecified atom stereocenters. The van der Waals surface area contributed by atoms with Crippen LogP contribution in [-0.4, -0.2) is 77.2 Å². The average molecular weight is 448 g/mol. The summed E-state index contributed by atoms with van der Waals surface area (Å²) < 4.78 is 6.92. The minimum atomic E-state index is -0.641. The summed E-state index contributed by atoms with van der Waals surface area (Å²) in [5.41, 5.74) is 7.38. The molecule has 0 radical (unpaired) electrons. The molecule has 0 bridgehead atoms. The highest BCUT2D eigenvalue weighted by molar-refractivity contribution is 6.34. The molecule has 168 valence electrons. The van der Waals surface area contributed by atoms with E-state index in [2.05, 4.69) is 21.8 Å². The molecule has 31 heavy (non-hydrogen) atoms. The van der Waals surface area contributed by atoms with E-state index in [4.69, 9.17) is 22.1 Å². The van der Waals surface area contributed by atoms with Crippen molar-refractivity contribution in [3.63, 3.8) is 0 Å². The zero-order valence-electron chi connectivity index (χ0n) is 18.1. The number of esters is 1. The van der Waals surface area contributed by atoms with Crippen molar-refractivity contribution in [1.82, 2.24) is 19.6 Å². The highest BCUT2D eigenvalue weighted by Gasteiger charge is 2.24. The van der Waals surface area contributed by atoms with Gasteiger partial charge in [-0.3, -0.25) is 9.69 Å². The first-order chi connectivity index (χ1) is 14.9. The van der Waals surface area contributed by atoms with Crippen LogP contribution in [0.15, 0.2) is 24.3 Å². The van der Waals surface area contributed by atoms with Crippen molar-refractivity contribution in [2.45, 2.75) is 26.8 Å². The normalized spacial score (nSPS) is 15.2. The van der Waals surface area contributed by atoms with E-state index in [0.29, 0.717) is 29.2 Å². The number of anilines is 1. The molecule has 0 amide bonds. The third kappa shape index (κ3) is 5.64. The van der Waals surface area contributed by atoms with Crippen LogP contribution in [0, 0.1) is 0 Å². The maximum absolute atomic E-state index is 12.7. The quantitative estimate of drug-likeness (QED) is 0.465. The van der Waals surface area contributed by atoms with Crippen molar-refractivity contribution < 1.29 is 14.3 Å². The van der Waals surface area contributed by atoms with Crippen molar-refractivity contribution in [3.8, 4) is 0 Å². The SMILES string of the molecule is CCc1nn(CCN2CCN(CC)CC2)c(N)c1C(=O)OCC(=O)c1ccccc1Cl. The van der Waals surface area contributed by atoms with Crippen molar-refractivity contribution in [1.29, 1.82) is 0 Å². The van der Waals surface area contributed by atoms with E-state index in [1.807, 2.05) is 6.92 Å². The van der Waals surface area contributed by atoms with Crippen LogP contribution in [0.2, 0.25) is 5.02 Å². The number of ketones is 1. The maximum Gasteiger partial charge on any atom is 0.344 e. The molecular weight excluding hydrogens is 418 g/mol. The van der Waals surface area contributed by atoms with Gasteiger partial charge in [0.15, 0.2) is 6.61 Å². The van der Waals surface area contributed by atoms with Gasteiger partial charge in [-0.1, -0.05) is 37.6 Å². The molecule has 1 aliphatic rings. The zero-order chi connectivity index (χ0) is 22.4. The second-order valence-electron chi connectivity index (χ2n) is 7.54. The number of nitrogen functional groups attached to an aromatic ring is 1. The minimum absolute atomic E-state index is 0.241. The summed E-state index contributed by atoms with van der Waals surface area (Å²) >= 11 is 6.04. The van der Waals surface area contributed by atoms with Gasteiger partial charge in [0, 0.05) is 38.3 Å². The van der Waals surface area contributed by atoms with Crippen LogP contribution in [-0.2, 0) is 17.7 Å². The number of rotatable bonds is 9. The van der Waals surface area contributed by atoms with Gasteiger partial charge in [0.25, 0.3) is 0 Å². The Bertz CT molecular complexity index is 922. The van der Waals surface area contributed by atoms with Crippen molar-refractivity contribution >= 4 is 29.2 Å². The van der Waals surface area contributed by atoms with Crippen LogP contribution in [0.1, 0.15) is 40.3 Å². The van der Waals surface area contributed by atoms with Crippen molar-refractivity contribution in [2.24, 2.45) is 0 Å². The maximum atomic E-state index is 12.7. The summed E-state index contributed by atoms with van der Waals surface area (Å²) in [7, 11) is 0. The number of nitrogens with two attached hydrogens (primary N) is 1. The summed E-state index contributed by atoms with van der Waals surface area (Å²) in [6, 6.07) is 6.66. The number of carbonyl (C=O) groups is 2. The fourth-order valence-corrected chi connectivity index (χ4v) is 3.94. The molecule has 9 heteroatoms. The van der Waals surface area contributed by atoms with E-state index < -0.39 is 12.6 Å². The number of hydrogen-bond donors (Lipinski definition) is 1. The summed E-state index contributed by atoms with van der Waals surface area (Å²) in [6.45, 7) is 10.3. The largest absolute Gasteiger partial charge is 0.454 e. The molecule has 1 aliphatic heterocycles. The summed E-state index contributed by atoms with van der Waals surface area (Å²) in [4.78, 5) is 29.8. The van der Waals surface area contributed by atoms with E-state index in [-0.39, 0.29) is 17.2 Å². The molecule has 8 nitrogen and oxygen atoms in total. The Hall–Kier alpha value is -2.42. The van der Waals surface area contributed by atoms with Gasteiger partial charge in [0.2, 0.25) is 5.78 Å². The lowest BCUT2D eigenvalue weighted by Gasteiger charge is -2.33. The molecule has 1 fully saturated rings. The van der Waals surface area contributed by atoms with Crippen molar-refractivity contribution in [2.75, 3.05) is 51.6 Å². The lowest BCUT2D eigenvalue weighted by atomic mass is 10.1.